The van der Waals surface area contributed by atoms with Crippen molar-refractivity contribution in [2.45, 2.75) is 13.8 Å². The van der Waals surface area contributed by atoms with Gasteiger partial charge in [0.05, 0.1) is 10.5 Å². The predicted molar refractivity (Wildman–Crippen MR) is 60.1 cm³/mol. The molecule has 4 nitrogen and oxygen atoms in total. The molecule has 0 radical (unpaired) electrons. The molecule has 0 aliphatic carbocycles. The second-order valence-corrected chi connectivity index (χ2v) is 5.70. The third-order valence-electron chi connectivity index (χ3n) is 2.29. The monoisotopic (exact) mass is 243 g/mol. The lowest BCUT2D eigenvalue weighted by molar-refractivity contribution is -0.135. The highest BCUT2D eigenvalue weighted by Crippen LogP contribution is 2.41. The first-order valence-electron chi connectivity index (χ1n) is 4.37. The Morgan fingerprint density at radius 1 is 1.47 bits per heavy atom. The van der Waals surface area contributed by atoms with Crippen LogP contribution in [0.1, 0.15) is 13.8 Å². The maximum Gasteiger partial charge on any atom is 0.336 e. The molecule has 0 atom stereocenters. The van der Waals surface area contributed by atoms with Crippen molar-refractivity contribution in [3.05, 3.63) is 10.5 Å². The highest BCUT2D eigenvalue weighted by Gasteiger charge is 2.43. The Kier molecular flexibility index (Phi) is 2.35. The molecule has 1 N–H and O–H groups in total. The molecular formula is C9H9NO3S2. The Labute approximate surface area is 96.4 Å². The van der Waals surface area contributed by atoms with Gasteiger partial charge in [-0.3, -0.25) is 4.79 Å². The van der Waals surface area contributed by atoms with E-state index in [-0.39, 0.29) is 5.91 Å². The third-order valence-corrected chi connectivity index (χ3v) is 3.52. The second-order valence-electron chi connectivity index (χ2n) is 4.01. The minimum Gasteiger partial charge on any atom is -0.461 e. The molecule has 6 heteroatoms. The van der Waals surface area contributed by atoms with Crippen LogP contribution in [-0.2, 0) is 14.3 Å². The highest BCUT2D eigenvalue weighted by molar-refractivity contribution is 8.26. The van der Waals surface area contributed by atoms with Gasteiger partial charge in [0.1, 0.15) is 10.9 Å². The van der Waals surface area contributed by atoms with E-state index < -0.39 is 11.4 Å². The molecule has 0 aromatic carbocycles. The number of hydrogen-bond acceptors (Lipinski definition) is 5. The average molecular weight is 243 g/mol. The highest BCUT2D eigenvalue weighted by atomic mass is 32.2. The van der Waals surface area contributed by atoms with Crippen LogP contribution in [0.5, 0.6) is 0 Å². The number of amides is 1. The van der Waals surface area contributed by atoms with E-state index in [1.165, 1.54) is 0 Å². The standard InChI is InChI=1S/C9H9NO3S2/c1-9(2)3-13-7(12)4(9)5-6(11)10-8(14)15-5/h3H2,1-2H3,(H,10,11,14)/b5-4+. The van der Waals surface area contributed by atoms with Crippen molar-refractivity contribution in [3.8, 4) is 0 Å². The molecule has 2 rings (SSSR count). The number of esters is 1. The van der Waals surface area contributed by atoms with E-state index in [9.17, 15) is 9.59 Å². The van der Waals surface area contributed by atoms with Gasteiger partial charge in [-0.05, 0) is 0 Å². The van der Waals surface area contributed by atoms with Gasteiger partial charge in [0.15, 0.2) is 0 Å². The Hall–Kier alpha value is -0.880. The van der Waals surface area contributed by atoms with E-state index in [4.69, 9.17) is 17.0 Å². The van der Waals surface area contributed by atoms with Gasteiger partial charge >= 0.3 is 5.97 Å². The first-order valence-corrected chi connectivity index (χ1v) is 5.59. The SMILES string of the molecule is CC1(C)COC(=O)/C1=C1\SC(=S)NC1=O. The van der Waals surface area contributed by atoms with Crippen molar-refractivity contribution in [2.75, 3.05) is 6.61 Å². The van der Waals surface area contributed by atoms with Gasteiger partial charge in [-0.2, -0.15) is 0 Å². The molecule has 2 fully saturated rings. The van der Waals surface area contributed by atoms with E-state index in [2.05, 4.69) is 5.32 Å². The van der Waals surface area contributed by atoms with E-state index in [1.807, 2.05) is 13.8 Å². The van der Waals surface area contributed by atoms with Crippen LogP contribution in [0.3, 0.4) is 0 Å². The third kappa shape index (κ3) is 1.68. The number of hydrogen-bond donors (Lipinski definition) is 1. The average Bonchev–Trinajstić information content (AvgIpc) is 2.54. The fourth-order valence-corrected chi connectivity index (χ4v) is 2.82. The first-order chi connectivity index (χ1) is 6.92. The molecule has 0 bridgehead atoms. The van der Waals surface area contributed by atoms with Crippen molar-refractivity contribution >= 4 is 40.2 Å². The maximum absolute atomic E-state index is 11.5. The maximum atomic E-state index is 11.5. The number of carbonyl (C=O) groups is 2. The van der Waals surface area contributed by atoms with Crippen molar-refractivity contribution in [1.82, 2.24) is 5.32 Å². The summed E-state index contributed by atoms with van der Waals surface area (Å²) in [4.78, 5) is 23.4. The molecule has 2 aliphatic rings. The van der Waals surface area contributed by atoms with Crippen molar-refractivity contribution in [3.63, 3.8) is 0 Å². The minimum absolute atomic E-state index is 0.299. The number of cyclic esters (lactones) is 1. The molecule has 2 aliphatic heterocycles. The minimum atomic E-state index is -0.420. The number of thioether (sulfide) groups is 1. The van der Waals surface area contributed by atoms with E-state index in [0.717, 1.165) is 11.8 Å². The van der Waals surface area contributed by atoms with Crippen LogP contribution in [0.4, 0.5) is 0 Å². The first kappa shape index (κ1) is 10.6. The fourth-order valence-electron chi connectivity index (χ4n) is 1.55. The molecule has 0 aromatic heterocycles. The fraction of sp³-hybridized carbons (Fsp3) is 0.444. The van der Waals surface area contributed by atoms with Gasteiger partial charge < -0.3 is 10.1 Å². The van der Waals surface area contributed by atoms with Gasteiger partial charge in [0.2, 0.25) is 0 Å². The van der Waals surface area contributed by atoms with Crippen LogP contribution in [0.2, 0.25) is 0 Å². The number of ether oxygens (including phenoxy) is 1. The van der Waals surface area contributed by atoms with E-state index in [0.29, 0.717) is 21.4 Å². The zero-order chi connectivity index (χ0) is 11.2. The molecule has 80 valence electrons. The van der Waals surface area contributed by atoms with Gasteiger partial charge in [-0.1, -0.05) is 37.8 Å². The lowest BCUT2D eigenvalue weighted by Crippen LogP contribution is -2.22. The Morgan fingerprint density at radius 2 is 2.13 bits per heavy atom. The van der Waals surface area contributed by atoms with Crippen LogP contribution in [0.25, 0.3) is 0 Å². The lowest BCUT2D eigenvalue weighted by Gasteiger charge is -2.14. The van der Waals surface area contributed by atoms with Crippen molar-refractivity contribution in [1.29, 1.82) is 0 Å². The van der Waals surface area contributed by atoms with Crippen molar-refractivity contribution < 1.29 is 14.3 Å². The summed E-state index contributed by atoms with van der Waals surface area (Å²) in [5, 5.41) is 2.49. The Bertz CT molecular complexity index is 412. The summed E-state index contributed by atoms with van der Waals surface area (Å²) in [6, 6.07) is 0. The summed E-state index contributed by atoms with van der Waals surface area (Å²) in [6.45, 7) is 4.05. The second kappa shape index (κ2) is 3.31. The van der Waals surface area contributed by atoms with Gasteiger partial charge in [0.25, 0.3) is 5.91 Å². The summed E-state index contributed by atoms with van der Waals surface area (Å²) in [6.07, 6.45) is 0. The molecule has 15 heavy (non-hydrogen) atoms. The van der Waals surface area contributed by atoms with Gasteiger partial charge in [-0.25, -0.2) is 4.79 Å². The van der Waals surface area contributed by atoms with E-state index in [1.54, 1.807) is 0 Å². The summed E-state index contributed by atoms with van der Waals surface area (Å²) in [5.41, 5.74) is 0.0151. The Morgan fingerprint density at radius 3 is 2.53 bits per heavy atom. The van der Waals surface area contributed by atoms with Crippen LogP contribution < -0.4 is 5.32 Å². The van der Waals surface area contributed by atoms with Crippen LogP contribution >= 0.6 is 24.0 Å². The number of carbonyl (C=O) groups excluding carboxylic acids is 2. The summed E-state index contributed by atoms with van der Waals surface area (Å²) < 4.78 is 5.33. The molecular weight excluding hydrogens is 234 g/mol. The topological polar surface area (TPSA) is 55.4 Å². The molecule has 0 aromatic rings. The molecule has 0 saturated carbocycles. The number of nitrogens with one attached hydrogen (secondary N) is 1. The zero-order valence-electron chi connectivity index (χ0n) is 8.25. The van der Waals surface area contributed by atoms with Crippen molar-refractivity contribution in [2.24, 2.45) is 5.41 Å². The largest absolute Gasteiger partial charge is 0.461 e. The molecule has 0 spiro atoms. The predicted octanol–water partition coefficient (Wildman–Crippen LogP) is 0.971. The number of rotatable bonds is 0. The van der Waals surface area contributed by atoms with E-state index >= 15 is 0 Å². The zero-order valence-corrected chi connectivity index (χ0v) is 9.88. The molecule has 0 unspecified atom stereocenters. The number of thiocarbonyl (C=S) groups is 1. The Balaban J connectivity index is 2.52. The normalized spacial score (nSPS) is 29.3. The summed E-state index contributed by atoms with van der Waals surface area (Å²) >= 11 is 5.99. The van der Waals surface area contributed by atoms with Crippen LogP contribution in [-0.4, -0.2) is 22.8 Å². The van der Waals surface area contributed by atoms with Crippen LogP contribution in [0.15, 0.2) is 10.5 Å². The quantitative estimate of drug-likeness (QED) is 0.390. The molecule has 1 amide bonds. The smallest absolute Gasteiger partial charge is 0.336 e. The molecule has 2 heterocycles. The summed E-state index contributed by atoms with van der Waals surface area (Å²) in [7, 11) is 0. The van der Waals surface area contributed by atoms with Crippen LogP contribution in [0, 0.1) is 5.41 Å². The van der Waals surface area contributed by atoms with Gasteiger partial charge in [-0.15, -0.1) is 0 Å². The lowest BCUT2D eigenvalue weighted by atomic mass is 9.87. The summed E-state index contributed by atoms with van der Waals surface area (Å²) in [5.74, 6) is -0.714. The molecule has 2 saturated heterocycles. The van der Waals surface area contributed by atoms with Gasteiger partial charge in [0, 0.05) is 5.41 Å².